The molecule has 0 radical (unpaired) electrons. The molecular weight excluding hydrogens is 303 g/mol. The minimum Gasteiger partial charge on any atom is -0.309 e. The predicted octanol–water partition coefficient (Wildman–Crippen LogP) is 4.10. The van der Waals surface area contributed by atoms with Crippen LogP contribution in [0.25, 0.3) is 28.0 Å². The second kappa shape index (κ2) is 5.60. The normalized spacial score (nSPS) is 10.7. The van der Waals surface area contributed by atoms with Gasteiger partial charge >= 0.3 is 0 Å². The lowest BCUT2D eigenvalue weighted by Crippen LogP contribution is -1.98. The van der Waals surface area contributed by atoms with Gasteiger partial charge in [0.15, 0.2) is 0 Å². The topological polar surface area (TPSA) is 54.5 Å². The zero-order chi connectivity index (χ0) is 16.5. The number of hydrogen-bond acceptors (Lipinski definition) is 3. The van der Waals surface area contributed by atoms with Crippen LogP contribution in [0.2, 0.25) is 0 Å². The van der Waals surface area contributed by atoms with E-state index in [4.69, 9.17) is 0 Å². The standard InChI is InChI=1S/C19H11FN4/c20-15-8-4-5-9-16(15)24-11-14(10-21)18-19(24)17(22-12-23-18)13-6-2-1-3-7-13/h1-9,11-12H. The maximum Gasteiger partial charge on any atom is 0.147 e. The van der Waals surface area contributed by atoms with Crippen molar-refractivity contribution in [2.24, 2.45) is 0 Å². The number of halogens is 1. The van der Waals surface area contributed by atoms with Crippen molar-refractivity contribution in [1.29, 1.82) is 5.26 Å². The van der Waals surface area contributed by atoms with Crippen LogP contribution in [0.1, 0.15) is 5.56 Å². The smallest absolute Gasteiger partial charge is 0.147 e. The highest BCUT2D eigenvalue weighted by molar-refractivity contribution is 5.94. The number of rotatable bonds is 2. The largest absolute Gasteiger partial charge is 0.309 e. The monoisotopic (exact) mass is 314 g/mol. The molecule has 0 N–H and O–H groups in total. The Hall–Kier alpha value is -3.52. The van der Waals surface area contributed by atoms with Crippen LogP contribution in [0.4, 0.5) is 4.39 Å². The number of nitrogens with zero attached hydrogens (tertiary/aromatic N) is 4. The number of hydrogen-bond donors (Lipinski definition) is 0. The lowest BCUT2D eigenvalue weighted by molar-refractivity contribution is 0.620. The molecule has 0 aliphatic rings. The van der Waals surface area contributed by atoms with E-state index in [9.17, 15) is 9.65 Å². The van der Waals surface area contributed by atoms with Crippen LogP contribution in [0.5, 0.6) is 0 Å². The highest BCUT2D eigenvalue weighted by atomic mass is 19.1. The Bertz CT molecular complexity index is 1080. The van der Waals surface area contributed by atoms with E-state index in [1.54, 1.807) is 29.0 Å². The van der Waals surface area contributed by atoms with Gasteiger partial charge in [-0.25, -0.2) is 14.4 Å². The molecule has 24 heavy (non-hydrogen) atoms. The van der Waals surface area contributed by atoms with Crippen LogP contribution in [0, 0.1) is 17.1 Å². The Morgan fingerprint density at radius 3 is 2.46 bits per heavy atom. The summed E-state index contributed by atoms with van der Waals surface area (Å²) in [6.45, 7) is 0. The average Bonchev–Trinajstić information content (AvgIpc) is 3.01. The first kappa shape index (κ1) is 14.1. The number of fused-ring (bicyclic) bond motifs is 1. The summed E-state index contributed by atoms with van der Waals surface area (Å²) in [6, 6.07) is 18.1. The first-order valence-corrected chi connectivity index (χ1v) is 7.36. The summed E-state index contributed by atoms with van der Waals surface area (Å²) in [5.74, 6) is -0.373. The fraction of sp³-hybridized carbons (Fsp3) is 0. The molecule has 0 fully saturated rings. The molecule has 2 aromatic carbocycles. The summed E-state index contributed by atoms with van der Waals surface area (Å²) in [7, 11) is 0. The number of aromatic nitrogens is 3. The molecule has 0 atom stereocenters. The van der Waals surface area contributed by atoms with Crippen LogP contribution in [-0.4, -0.2) is 14.5 Å². The molecule has 5 heteroatoms. The van der Waals surface area contributed by atoms with Gasteiger partial charge in [0.05, 0.1) is 22.5 Å². The molecule has 4 aromatic rings. The maximum absolute atomic E-state index is 14.3. The summed E-state index contributed by atoms with van der Waals surface area (Å²) in [5.41, 5.74) is 3.40. The Morgan fingerprint density at radius 2 is 1.71 bits per heavy atom. The summed E-state index contributed by atoms with van der Waals surface area (Å²) in [4.78, 5) is 8.61. The third-order valence-corrected chi connectivity index (χ3v) is 3.86. The molecule has 4 rings (SSSR count). The molecule has 0 aliphatic carbocycles. The van der Waals surface area contributed by atoms with Crippen molar-refractivity contribution in [2.75, 3.05) is 0 Å². The van der Waals surface area contributed by atoms with E-state index >= 15 is 0 Å². The first-order chi connectivity index (χ1) is 11.8. The van der Waals surface area contributed by atoms with Crippen molar-refractivity contribution in [2.45, 2.75) is 0 Å². The second-order valence-electron chi connectivity index (χ2n) is 5.26. The zero-order valence-corrected chi connectivity index (χ0v) is 12.5. The molecule has 0 bridgehead atoms. The summed E-state index contributed by atoms with van der Waals surface area (Å²) >= 11 is 0. The number of para-hydroxylation sites is 1. The molecule has 4 nitrogen and oxygen atoms in total. The molecule has 0 saturated carbocycles. The van der Waals surface area contributed by atoms with Crippen LogP contribution in [0.3, 0.4) is 0 Å². The van der Waals surface area contributed by atoms with Gasteiger partial charge in [0, 0.05) is 11.8 Å². The van der Waals surface area contributed by atoms with Gasteiger partial charge in [0.25, 0.3) is 0 Å². The van der Waals surface area contributed by atoms with Crippen molar-refractivity contribution in [1.82, 2.24) is 14.5 Å². The average molecular weight is 314 g/mol. The highest BCUT2D eigenvalue weighted by Gasteiger charge is 2.18. The van der Waals surface area contributed by atoms with Crippen molar-refractivity contribution in [3.05, 3.63) is 78.5 Å². The second-order valence-corrected chi connectivity index (χ2v) is 5.26. The van der Waals surface area contributed by atoms with Gasteiger partial charge in [-0.05, 0) is 12.1 Å². The third kappa shape index (κ3) is 2.13. The Morgan fingerprint density at radius 1 is 0.958 bits per heavy atom. The van der Waals surface area contributed by atoms with E-state index in [2.05, 4.69) is 16.0 Å². The quantitative estimate of drug-likeness (QED) is 0.560. The summed E-state index contributed by atoms with van der Waals surface area (Å²) < 4.78 is 16.0. The van der Waals surface area contributed by atoms with Crippen molar-refractivity contribution in [3.8, 4) is 23.0 Å². The predicted molar refractivity (Wildman–Crippen MR) is 89.0 cm³/mol. The molecule has 0 aliphatic heterocycles. The van der Waals surface area contributed by atoms with Crippen molar-refractivity contribution in [3.63, 3.8) is 0 Å². The van der Waals surface area contributed by atoms with Gasteiger partial charge in [-0.1, -0.05) is 42.5 Å². The summed E-state index contributed by atoms with van der Waals surface area (Å²) in [6.07, 6.45) is 3.03. The SMILES string of the molecule is N#Cc1cn(-c2ccccc2F)c2c(-c3ccccc3)ncnc12. The molecule has 2 aromatic heterocycles. The molecule has 2 heterocycles. The zero-order valence-electron chi connectivity index (χ0n) is 12.5. The highest BCUT2D eigenvalue weighted by Crippen LogP contribution is 2.31. The van der Waals surface area contributed by atoms with Crippen LogP contribution < -0.4 is 0 Å². The van der Waals surface area contributed by atoms with Gasteiger partial charge in [-0.3, -0.25) is 0 Å². The minimum atomic E-state index is -0.373. The van der Waals surface area contributed by atoms with Crippen LogP contribution in [-0.2, 0) is 0 Å². The minimum absolute atomic E-state index is 0.357. The van der Waals surface area contributed by atoms with E-state index in [1.807, 2.05) is 30.3 Å². The van der Waals surface area contributed by atoms with Crippen molar-refractivity contribution < 1.29 is 4.39 Å². The Kier molecular flexibility index (Phi) is 3.29. The van der Waals surface area contributed by atoms with E-state index in [1.165, 1.54) is 12.4 Å². The van der Waals surface area contributed by atoms with Gasteiger partial charge in [-0.2, -0.15) is 5.26 Å². The van der Waals surface area contributed by atoms with Gasteiger partial charge in [-0.15, -0.1) is 0 Å². The van der Waals surface area contributed by atoms with Gasteiger partial charge in [0.1, 0.15) is 23.7 Å². The van der Waals surface area contributed by atoms with Gasteiger partial charge in [0.2, 0.25) is 0 Å². The molecule has 0 saturated heterocycles. The molecule has 0 unspecified atom stereocenters. The molecular formula is C19H11FN4. The summed E-state index contributed by atoms with van der Waals surface area (Å²) in [5, 5.41) is 9.41. The number of benzene rings is 2. The lowest BCUT2D eigenvalue weighted by Gasteiger charge is -2.09. The van der Waals surface area contributed by atoms with E-state index in [-0.39, 0.29) is 5.82 Å². The molecule has 114 valence electrons. The van der Waals surface area contributed by atoms with Crippen LogP contribution in [0.15, 0.2) is 67.1 Å². The Balaban J connectivity index is 2.12. The molecule has 0 amide bonds. The lowest BCUT2D eigenvalue weighted by atomic mass is 10.1. The Labute approximate surface area is 137 Å². The van der Waals surface area contributed by atoms with E-state index < -0.39 is 0 Å². The fourth-order valence-corrected chi connectivity index (χ4v) is 2.79. The van der Waals surface area contributed by atoms with Crippen LogP contribution >= 0.6 is 0 Å². The van der Waals surface area contributed by atoms with E-state index in [0.717, 1.165) is 5.56 Å². The fourth-order valence-electron chi connectivity index (χ4n) is 2.79. The maximum atomic E-state index is 14.3. The first-order valence-electron chi connectivity index (χ1n) is 7.36. The number of nitriles is 1. The molecule has 0 spiro atoms. The van der Waals surface area contributed by atoms with Crippen molar-refractivity contribution >= 4 is 11.0 Å². The van der Waals surface area contributed by atoms with Gasteiger partial charge < -0.3 is 4.57 Å². The third-order valence-electron chi connectivity index (χ3n) is 3.86. The van der Waals surface area contributed by atoms with E-state index in [0.29, 0.717) is 28.0 Å².